The lowest BCUT2D eigenvalue weighted by atomic mass is 9.98. The van der Waals surface area contributed by atoms with E-state index in [2.05, 4.69) is 43.4 Å². The molecule has 106 valence electrons. The molecule has 1 aromatic rings. The van der Waals surface area contributed by atoms with Gasteiger partial charge in [0.2, 0.25) is 0 Å². The summed E-state index contributed by atoms with van der Waals surface area (Å²) in [4.78, 5) is 0. The number of nitrogens with one attached hydrogen (secondary N) is 1. The summed E-state index contributed by atoms with van der Waals surface area (Å²) in [7, 11) is 0. The van der Waals surface area contributed by atoms with Crippen molar-refractivity contribution in [3.8, 4) is 0 Å². The highest BCUT2D eigenvalue weighted by atomic mass is 16.5. The molecule has 2 nitrogen and oxygen atoms in total. The van der Waals surface area contributed by atoms with Crippen LogP contribution in [-0.2, 0) is 11.2 Å². The molecule has 1 aromatic carbocycles. The lowest BCUT2D eigenvalue weighted by Crippen LogP contribution is -2.32. The predicted octanol–water partition coefficient (Wildman–Crippen LogP) is 3.47. The van der Waals surface area contributed by atoms with Crippen molar-refractivity contribution >= 4 is 0 Å². The smallest absolute Gasteiger partial charge is 0.0576 e. The Balaban J connectivity index is 1.84. The largest absolute Gasteiger partial charge is 0.378 e. The van der Waals surface area contributed by atoms with Crippen molar-refractivity contribution in [1.29, 1.82) is 0 Å². The minimum atomic E-state index is 0.513. The van der Waals surface area contributed by atoms with Gasteiger partial charge in [-0.3, -0.25) is 0 Å². The van der Waals surface area contributed by atoms with Gasteiger partial charge in [-0.25, -0.2) is 0 Å². The van der Waals surface area contributed by atoms with Gasteiger partial charge in [-0.15, -0.1) is 0 Å². The molecule has 2 unspecified atom stereocenters. The molecule has 1 saturated heterocycles. The SMILES string of the molecule is CCNC(CCC1CCCO1)Cc1cccc(C)c1. The lowest BCUT2D eigenvalue weighted by Gasteiger charge is -2.20. The molecule has 2 atom stereocenters. The first kappa shape index (κ1) is 14.5. The zero-order chi connectivity index (χ0) is 13.5. The van der Waals surface area contributed by atoms with Gasteiger partial charge in [-0.05, 0) is 51.1 Å². The second-order valence-corrected chi connectivity index (χ2v) is 5.66. The van der Waals surface area contributed by atoms with Crippen LogP contribution in [-0.4, -0.2) is 25.3 Å². The van der Waals surface area contributed by atoms with Crippen molar-refractivity contribution in [3.05, 3.63) is 35.4 Å². The van der Waals surface area contributed by atoms with Crippen LogP contribution in [0.4, 0.5) is 0 Å². The van der Waals surface area contributed by atoms with Crippen LogP contribution in [0.15, 0.2) is 24.3 Å². The standard InChI is InChI=1S/C17H27NO/c1-3-18-16(9-10-17-8-5-11-19-17)13-15-7-4-6-14(2)12-15/h4,6-7,12,16-18H,3,5,8-11,13H2,1-2H3. The van der Waals surface area contributed by atoms with Crippen LogP contribution in [0.2, 0.25) is 0 Å². The summed E-state index contributed by atoms with van der Waals surface area (Å²) in [6.45, 7) is 6.36. The number of hydrogen-bond donors (Lipinski definition) is 1. The second-order valence-electron chi connectivity index (χ2n) is 5.66. The molecule has 2 heteroatoms. The van der Waals surface area contributed by atoms with Gasteiger partial charge >= 0.3 is 0 Å². The van der Waals surface area contributed by atoms with Crippen molar-refractivity contribution in [2.45, 2.75) is 58.1 Å². The lowest BCUT2D eigenvalue weighted by molar-refractivity contribution is 0.0996. The number of likely N-dealkylation sites (N-methyl/N-ethyl adjacent to an activating group) is 1. The molecule has 0 aliphatic carbocycles. The Bertz CT molecular complexity index is 371. The van der Waals surface area contributed by atoms with Gasteiger partial charge in [0.15, 0.2) is 0 Å². The molecule has 0 aromatic heterocycles. The van der Waals surface area contributed by atoms with E-state index in [0.29, 0.717) is 12.1 Å². The maximum Gasteiger partial charge on any atom is 0.0576 e. The molecule has 0 spiro atoms. The number of rotatable bonds is 7. The molecule has 1 aliphatic heterocycles. The molecular weight excluding hydrogens is 234 g/mol. The summed E-state index contributed by atoms with van der Waals surface area (Å²) in [6, 6.07) is 9.45. The van der Waals surface area contributed by atoms with Gasteiger partial charge in [0.25, 0.3) is 0 Å². The van der Waals surface area contributed by atoms with E-state index in [9.17, 15) is 0 Å². The van der Waals surface area contributed by atoms with Crippen LogP contribution >= 0.6 is 0 Å². The van der Waals surface area contributed by atoms with E-state index in [1.165, 1.54) is 36.8 Å². The third kappa shape index (κ3) is 4.96. The molecule has 1 N–H and O–H groups in total. The highest BCUT2D eigenvalue weighted by Crippen LogP contribution is 2.19. The zero-order valence-electron chi connectivity index (χ0n) is 12.3. The van der Waals surface area contributed by atoms with E-state index in [1.807, 2.05) is 0 Å². The molecule has 0 radical (unpaired) electrons. The van der Waals surface area contributed by atoms with Crippen molar-refractivity contribution in [1.82, 2.24) is 5.32 Å². The molecule has 2 rings (SSSR count). The van der Waals surface area contributed by atoms with Crippen LogP contribution < -0.4 is 5.32 Å². The zero-order valence-corrected chi connectivity index (χ0v) is 12.3. The Hall–Kier alpha value is -0.860. The van der Waals surface area contributed by atoms with E-state index < -0.39 is 0 Å². The second kappa shape index (κ2) is 7.66. The Labute approximate surface area is 117 Å². The fraction of sp³-hybridized carbons (Fsp3) is 0.647. The Morgan fingerprint density at radius 3 is 3.00 bits per heavy atom. The summed E-state index contributed by atoms with van der Waals surface area (Å²) in [5, 5.41) is 3.62. The Morgan fingerprint density at radius 2 is 2.32 bits per heavy atom. The van der Waals surface area contributed by atoms with Crippen molar-refractivity contribution in [2.24, 2.45) is 0 Å². The Morgan fingerprint density at radius 1 is 1.42 bits per heavy atom. The van der Waals surface area contributed by atoms with Crippen LogP contribution in [0, 0.1) is 6.92 Å². The van der Waals surface area contributed by atoms with Crippen molar-refractivity contribution in [2.75, 3.05) is 13.2 Å². The molecule has 1 heterocycles. The van der Waals surface area contributed by atoms with Gasteiger partial charge in [0, 0.05) is 12.6 Å². The molecular formula is C17H27NO. The maximum atomic E-state index is 5.72. The summed E-state index contributed by atoms with van der Waals surface area (Å²) in [5.74, 6) is 0. The quantitative estimate of drug-likeness (QED) is 0.811. The first-order chi connectivity index (χ1) is 9.28. The minimum Gasteiger partial charge on any atom is -0.378 e. The van der Waals surface area contributed by atoms with Gasteiger partial charge in [-0.2, -0.15) is 0 Å². The summed E-state index contributed by atoms with van der Waals surface area (Å²) >= 11 is 0. The third-order valence-electron chi connectivity index (χ3n) is 3.92. The minimum absolute atomic E-state index is 0.513. The highest BCUT2D eigenvalue weighted by Gasteiger charge is 2.17. The molecule has 19 heavy (non-hydrogen) atoms. The van der Waals surface area contributed by atoms with Gasteiger partial charge < -0.3 is 10.1 Å². The average molecular weight is 261 g/mol. The molecule has 0 bridgehead atoms. The number of hydrogen-bond acceptors (Lipinski definition) is 2. The van der Waals surface area contributed by atoms with Crippen LogP contribution in [0.5, 0.6) is 0 Å². The van der Waals surface area contributed by atoms with Crippen molar-refractivity contribution in [3.63, 3.8) is 0 Å². The summed E-state index contributed by atoms with van der Waals surface area (Å²) < 4.78 is 5.72. The molecule has 0 amide bonds. The van der Waals surface area contributed by atoms with E-state index in [-0.39, 0.29) is 0 Å². The van der Waals surface area contributed by atoms with Crippen LogP contribution in [0.3, 0.4) is 0 Å². The first-order valence-corrected chi connectivity index (χ1v) is 7.68. The van der Waals surface area contributed by atoms with Crippen LogP contribution in [0.1, 0.15) is 43.7 Å². The van der Waals surface area contributed by atoms with Crippen molar-refractivity contribution < 1.29 is 4.74 Å². The van der Waals surface area contributed by atoms with E-state index in [0.717, 1.165) is 19.6 Å². The Kier molecular flexibility index (Phi) is 5.87. The summed E-state index contributed by atoms with van der Waals surface area (Å²) in [6.07, 6.45) is 6.55. The number of benzene rings is 1. The number of aryl methyl sites for hydroxylation is 1. The highest BCUT2D eigenvalue weighted by molar-refractivity contribution is 5.23. The monoisotopic (exact) mass is 261 g/mol. The first-order valence-electron chi connectivity index (χ1n) is 7.68. The maximum absolute atomic E-state index is 5.72. The normalized spacial score (nSPS) is 20.6. The summed E-state index contributed by atoms with van der Waals surface area (Å²) in [5.41, 5.74) is 2.80. The van der Waals surface area contributed by atoms with Gasteiger partial charge in [-0.1, -0.05) is 36.8 Å². The van der Waals surface area contributed by atoms with E-state index >= 15 is 0 Å². The molecule has 1 fully saturated rings. The van der Waals surface area contributed by atoms with E-state index in [1.54, 1.807) is 0 Å². The molecule has 0 saturated carbocycles. The fourth-order valence-electron chi connectivity index (χ4n) is 2.95. The molecule has 1 aliphatic rings. The fourth-order valence-corrected chi connectivity index (χ4v) is 2.95. The van der Waals surface area contributed by atoms with Gasteiger partial charge in [0.05, 0.1) is 6.10 Å². The average Bonchev–Trinajstić information content (AvgIpc) is 2.89. The number of ether oxygens (including phenoxy) is 1. The van der Waals surface area contributed by atoms with Gasteiger partial charge in [0.1, 0.15) is 0 Å². The predicted molar refractivity (Wildman–Crippen MR) is 80.6 cm³/mol. The van der Waals surface area contributed by atoms with Crippen LogP contribution in [0.25, 0.3) is 0 Å². The van der Waals surface area contributed by atoms with E-state index in [4.69, 9.17) is 4.74 Å². The third-order valence-corrected chi connectivity index (χ3v) is 3.92. The topological polar surface area (TPSA) is 21.3 Å².